The summed E-state index contributed by atoms with van der Waals surface area (Å²) in [5.74, 6) is -0.546. The Morgan fingerprint density at radius 3 is 2.41 bits per heavy atom. The molecule has 3 aromatic rings. The van der Waals surface area contributed by atoms with E-state index in [4.69, 9.17) is 25.5 Å². The number of pyridine rings is 2. The fourth-order valence-corrected chi connectivity index (χ4v) is 4.34. The number of rotatable bonds is 9. The molecule has 0 aliphatic rings. The first kappa shape index (κ1) is 30.5. The molecule has 3 heterocycles. The van der Waals surface area contributed by atoms with Gasteiger partial charge in [-0.3, -0.25) is 9.67 Å². The second-order valence-electron chi connectivity index (χ2n) is 11.8. The van der Waals surface area contributed by atoms with Crippen LogP contribution in [0.2, 0.25) is 23.2 Å². The van der Waals surface area contributed by atoms with Crippen LogP contribution in [-0.2, 0) is 15.7 Å². The minimum absolute atomic E-state index is 0.0271. The Hall–Kier alpha value is -3.02. The fraction of sp³-hybridized carbons (Fsp3) is 0.481. The van der Waals surface area contributed by atoms with Crippen molar-refractivity contribution in [3.05, 3.63) is 53.7 Å². The highest BCUT2D eigenvalue weighted by atomic mass is 35.5. The van der Waals surface area contributed by atoms with E-state index in [1.165, 1.54) is 12.4 Å². The van der Waals surface area contributed by atoms with E-state index in [0.717, 1.165) is 6.07 Å². The van der Waals surface area contributed by atoms with Gasteiger partial charge < -0.3 is 19.2 Å². The van der Waals surface area contributed by atoms with Gasteiger partial charge in [-0.2, -0.15) is 5.10 Å². The third-order valence-electron chi connectivity index (χ3n) is 6.21. The van der Waals surface area contributed by atoms with Crippen molar-refractivity contribution >= 4 is 26.0 Å². The summed E-state index contributed by atoms with van der Waals surface area (Å²) >= 11 is 5.74. The minimum atomic E-state index is -2.05. The summed E-state index contributed by atoms with van der Waals surface area (Å²) in [5, 5.41) is 7.76. The van der Waals surface area contributed by atoms with Crippen LogP contribution in [0.15, 0.2) is 42.9 Å². The Morgan fingerprint density at radius 2 is 1.82 bits per heavy atom. The molecule has 0 aromatic carbocycles. The van der Waals surface area contributed by atoms with Crippen molar-refractivity contribution in [2.75, 3.05) is 6.61 Å². The molecule has 0 bridgehead atoms. The lowest BCUT2D eigenvalue weighted by Crippen LogP contribution is -2.48. The molecule has 9 nitrogen and oxygen atoms in total. The van der Waals surface area contributed by atoms with Gasteiger partial charge in [-0.05, 0) is 63.2 Å². The van der Waals surface area contributed by atoms with Crippen LogP contribution < -0.4 is 10.1 Å². The van der Waals surface area contributed by atoms with Gasteiger partial charge in [0.05, 0.1) is 36.1 Å². The van der Waals surface area contributed by atoms with Crippen LogP contribution in [0, 0.1) is 5.82 Å². The number of alkyl carbamates (subject to hydrolysis) is 1. The smallest absolute Gasteiger partial charge is 0.408 e. The lowest BCUT2D eigenvalue weighted by atomic mass is 10.2. The first-order chi connectivity index (χ1) is 18.0. The molecule has 1 atom stereocenters. The number of amides is 1. The SMILES string of the molecule is CC(C)(C)OC(=O)N[C@H](CO[Si](C)(C)C(C)(C)C)Cn1ccc(-c2ccc(Oc3ncc(Cl)cc3F)cn2)n1. The highest BCUT2D eigenvalue weighted by Crippen LogP contribution is 2.36. The molecule has 39 heavy (non-hydrogen) atoms. The molecule has 1 amide bonds. The Labute approximate surface area is 235 Å². The molecule has 0 spiro atoms. The molecule has 0 fully saturated rings. The number of nitrogens with one attached hydrogen (secondary N) is 1. The molecule has 3 aromatic heterocycles. The molecule has 3 rings (SSSR count). The minimum Gasteiger partial charge on any atom is -0.444 e. The van der Waals surface area contributed by atoms with Gasteiger partial charge in [0.2, 0.25) is 0 Å². The van der Waals surface area contributed by atoms with Gasteiger partial charge >= 0.3 is 6.09 Å². The van der Waals surface area contributed by atoms with Crippen molar-refractivity contribution in [1.29, 1.82) is 0 Å². The van der Waals surface area contributed by atoms with E-state index in [-0.39, 0.29) is 22.0 Å². The molecule has 0 unspecified atom stereocenters. The van der Waals surface area contributed by atoms with Crippen molar-refractivity contribution < 1.29 is 23.1 Å². The Bertz CT molecular complexity index is 1270. The fourth-order valence-electron chi connectivity index (χ4n) is 3.15. The lowest BCUT2D eigenvalue weighted by molar-refractivity contribution is 0.0477. The van der Waals surface area contributed by atoms with Gasteiger partial charge in [0.15, 0.2) is 14.1 Å². The van der Waals surface area contributed by atoms with E-state index in [9.17, 15) is 9.18 Å². The third kappa shape index (κ3) is 9.01. The van der Waals surface area contributed by atoms with E-state index >= 15 is 0 Å². The molecule has 12 heteroatoms. The molecular weight excluding hydrogens is 541 g/mol. The van der Waals surface area contributed by atoms with Crippen LogP contribution in [0.5, 0.6) is 11.6 Å². The van der Waals surface area contributed by atoms with Crippen molar-refractivity contribution in [2.45, 2.75) is 77.9 Å². The first-order valence-electron chi connectivity index (χ1n) is 12.6. The summed E-state index contributed by atoms with van der Waals surface area (Å²) < 4.78 is 33.0. The maximum absolute atomic E-state index is 14.0. The van der Waals surface area contributed by atoms with Crippen LogP contribution >= 0.6 is 11.6 Å². The number of aromatic nitrogens is 4. The number of hydrogen-bond donors (Lipinski definition) is 1. The summed E-state index contributed by atoms with van der Waals surface area (Å²) in [6.07, 6.45) is 4.06. The number of hydrogen-bond acceptors (Lipinski definition) is 7. The lowest BCUT2D eigenvalue weighted by Gasteiger charge is -2.37. The summed E-state index contributed by atoms with van der Waals surface area (Å²) in [7, 11) is -2.05. The number of halogens is 2. The van der Waals surface area contributed by atoms with Gasteiger partial charge in [0, 0.05) is 12.4 Å². The van der Waals surface area contributed by atoms with E-state index in [1.54, 1.807) is 16.8 Å². The summed E-state index contributed by atoms with van der Waals surface area (Å²) in [4.78, 5) is 20.8. The maximum atomic E-state index is 14.0. The van der Waals surface area contributed by atoms with Gasteiger partial charge in [-0.25, -0.2) is 14.2 Å². The predicted molar refractivity (Wildman–Crippen MR) is 151 cm³/mol. The Morgan fingerprint density at radius 1 is 1.10 bits per heavy atom. The Kier molecular flexibility index (Phi) is 9.40. The number of ether oxygens (including phenoxy) is 2. The molecular formula is C27H37ClFN5O4Si. The van der Waals surface area contributed by atoms with Crippen molar-refractivity contribution in [3.63, 3.8) is 0 Å². The van der Waals surface area contributed by atoms with E-state index in [0.29, 0.717) is 30.3 Å². The molecule has 0 radical (unpaired) electrons. The quantitative estimate of drug-likeness (QED) is 0.278. The summed E-state index contributed by atoms with van der Waals surface area (Å²) in [5.41, 5.74) is 0.601. The van der Waals surface area contributed by atoms with Gasteiger partial charge in [0.1, 0.15) is 17.0 Å². The zero-order valence-electron chi connectivity index (χ0n) is 23.7. The van der Waals surface area contributed by atoms with Gasteiger partial charge in [-0.1, -0.05) is 32.4 Å². The second kappa shape index (κ2) is 12.0. The van der Waals surface area contributed by atoms with Crippen molar-refractivity contribution in [2.24, 2.45) is 0 Å². The topological polar surface area (TPSA) is 100 Å². The van der Waals surface area contributed by atoms with Gasteiger partial charge in [0.25, 0.3) is 5.88 Å². The van der Waals surface area contributed by atoms with Crippen molar-refractivity contribution in [1.82, 2.24) is 25.1 Å². The summed E-state index contributed by atoms with van der Waals surface area (Å²) in [6.45, 7) is 17.0. The molecule has 0 saturated carbocycles. The molecule has 0 aliphatic carbocycles. The van der Waals surface area contributed by atoms with Crippen LogP contribution in [0.3, 0.4) is 0 Å². The maximum Gasteiger partial charge on any atom is 0.408 e. The summed E-state index contributed by atoms with van der Waals surface area (Å²) in [6, 6.07) is 5.94. The molecule has 0 saturated heterocycles. The standard InChI is InChI=1S/C27H37ClFN5O4Si/c1-26(2,3)38-25(35)32-19(17-36-39(7,8)27(4,5)6)16-34-12-11-23(33-34)22-10-9-20(15-30-22)37-24-21(29)13-18(28)14-31-24/h9-15,19H,16-17H2,1-8H3,(H,32,35)/t19-/m0/s1. The number of carbonyl (C=O) groups excluding carboxylic acids is 1. The van der Waals surface area contributed by atoms with E-state index in [2.05, 4.69) is 54.2 Å². The average Bonchev–Trinajstić information content (AvgIpc) is 3.26. The van der Waals surface area contributed by atoms with Crippen LogP contribution in [-0.4, -0.2) is 52.4 Å². The predicted octanol–water partition coefficient (Wildman–Crippen LogP) is 6.84. The van der Waals surface area contributed by atoms with E-state index in [1.807, 2.05) is 33.0 Å². The molecule has 212 valence electrons. The van der Waals surface area contributed by atoms with Gasteiger partial charge in [-0.15, -0.1) is 0 Å². The number of nitrogens with zero attached hydrogens (tertiary/aromatic N) is 4. The molecule has 0 aliphatic heterocycles. The van der Waals surface area contributed by atoms with Crippen LogP contribution in [0.4, 0.5) is 9.18 Å². The van der Waals surface area contributed by atoms with Crippen molar-refractivity contribution in [3.8, 4) is 23.0 Å². The number of carbonyl (C=O) groups is 1. The highest BCUT2D eigenvalue weighted by Gasteiger charge is 2.38. The average molecular weight is 578 g/mol. The third-order valence-corrected chi connectivity index (χ3v) is 10.9. The second-order valence-corrected chi connectivity index (χ2v) is 17.0. The molecule has 1 N–H and O–H groups in total. The monoisotopic (exact) mass is 577 g/mol. The normalized spacial score (nSPS) is 13.2. The largest absolute Gasteiger partial charge is 0.444 e. The highest BCUT2D eigenvalue weighted by molar-refractivity contribution is 6.74. The van der Waals surface area contributed by atoms with Crippen LogP contribution in [0.25, 0.3) is 11.4 Å². The van der Waals surface area contributed by atoms with Crippen LogP contribution in [0.1, 0.15) is 41.5 Å². The zero-order chi connectivity index (χ0) is 29.0. The zero-order valence-corrected chi connectivity index (χ0v) is 25.5. The first-order valence-corrected chi connectivity index (χ1v) is 15.9. The Balaban J connectivity index is 1.71. The van der Waals surface area contributed by atoms with E-state index < -0.39 is 25.8 Å².